The maximum atomic E-state index is 13.4. The number of aromatic nitrogens is 4. The van der Waals surface area contributed by atoms with Gasteiger partial charge in [-0.05, 0) is 42.5 Å². The fourth-order valence-electron chi connectivity index (χ4n) is 4.50. The van der Waals surface area contributed by atoms with Gasteiger partial charge in [0.15, 0.2) is 5.65 Å². The van der Waals surface area contributed by atoms with E-state index >= 15 is 0 Å². The number of piperazine rings is 1. The molecule has 0 saturated carbocycles. The number of hydrogen-bond donors (Lipinski definition) is 0. The van der Waals surface area contributed by atoms with Gasteiger partial charge in [-0.15, -0.1) is 5.10 Å². The molecule has 35 heavy (non-hydrogen) atoms. The Morgan fingerprint density at radius 3 is 2.29 bits per heavy atom. The Hall–Kier alpha value is -3.69. The molecule has 0 N–H and O–H groups in total. The highest BCUT2D eigenvalue weighted by Gasteiger charge is 2.28. The summed E-state index contributed by atoms with van der Waals surface area (Å²) in [7, 11) is -3.88. The van der Waals surface area contributed by atoms with Gasteiger partial charge in [0.25, 0.3) is 0 Å². The number of nitrogens with zero attached hydrogens (tertiary/aromatic N) is 6. The van der Waals surface area contributed by atoms with Gasteiger partial charge in [0.2, 0.25) is 14.9 Å². The Morgan fingerprint density at radius 2 is 1.51 bits per heavy atom. The first-order valence-electron chi connectivity index (χ1n) is 11.2. The van der Waals surface area contributed by atoms with Gasteiger partial charge in [-0.25, -0.2) is 13.4 Å². The maximum absolute atomic E-state index is 13.4. The van der Waals surface area contributed by atoms with Gasteiger partial charge in [-0.2, -0.15) is 4.52 Å². The molecule has 1 aliphatic rings. The Labute approximate surface area is 207 Å². The summed E-state index contributed by atoms with van der Waals surface area (Å²) in [6.07, 6.45) is 0. The lowest BCUT2D eigenvalue weighted by Gasteiger charge is -2.37. The maximum Gasteiger partial charge on any atom is 0.229 e. The van der Waals surface area contributed by atoms with E-state index in [1.165, 1.54) is 4.52 Å². The Balaban J connectivity index is 1.42. The number of hydrogen-bond acceptors (Lipinski definition) is 7. The van der Waals surface area contributed by atoms with Crippen molar-refractivity contribution in [1.82, 2.24) is 19.8 Å². The zero-order valence-corrected chi connectivity index (χ0v) is 20.2. The summed E-state index contributed by atoms with van der Waals surface area (Å²) < 4.78 is 28.3. The van der Waals surface area contributed by atoms with E-state index < -0.39 is 9.84 Å². The molecule has 1 aliphatic heterocycles. The lowest BCUT2D eigenvalue weighted by molar-refractivity contribution is 0.592. The molecule has 6 rings (SSSR count). The number of rotatable bonds is 4. The third-order valence-corrected chi connectivity index (χ3v) is 8.16. The topological polar surface area (TPSA) is 83.7 Å². The second kappa shape index (κ2) is 8.51. The SMILES string of the molecule is O=S(=O)(c1ccccc1)c1nnn2c1nc(N1CCN(c3cccc(Cl)c3)CC1)c1ccccc12. The highest BCUT2D eigenvalue weighted by atomic mass is 35.5. The minimum atomic E-state index is -3.88. The van der Waals surface area contributed by atoms with E-state index in [-0.39, 0.29) is 15.6 Å². The van der Waals surface area contributed by atoms with Crippen LogP contribution in [0.25, 0.3) is 16.6 Å². The van der Waals surface area contributed by atoms with E-state index in [4.69, 9.17) is 16.6 Å². The van der Waals surface area contributed by atoms with Crippen molar-refractivity contribution in [2.75, 3.05) is 36.0 Å². The van der Waals surface area contributed by atoms with Crippen molar-refractivity contribution >= 4 is 49.5 Å². The molecular weight excluding hydrogens is 484 g/mol. The summed E-state index contributed by atoms with van der Waals surface area (Å²) >= 11 is 6.18. The van der Waals surface area contributed by atoms with Crippen LogP contribution < -0.4 is 9.80 Å². The van der Waals surface area contributed by atoms with Crippen LogP contribution in [0, 0.1) is 0 Å². The van der Waals surface area contributed by atoms with Crippen molar-refractivity contribution < 1.29 is 8.42 Å². The predicted molar refractivity (Wildman–Crippen MR) is 136 cm³/mol. The lowest BCUT2D eigenvalue weighted by atomic mass is 10.2. The van der Waals surface area contributed by atoms with Crippen LogP contribution in [0.15, 0.2) is 88.8 Å². The number of sulfone groups is 1. The monoisotopic (exact) mass is 504 g/mol. The Kier molecular flexibility index (Phi) is 5.31. The minimum absolute atomic E-state index is 0.145. The molecule has 0 atom stereocenters. The molecule has 1 fully saturated rings. The summed E-state index contributed by atoms with van der Waals surface area (Å²) in [4.78, 5) is 9.47. The standard InChI is InChI=1S/C25H21ClN6O2S/c26-18-7-6-8-19(17-18)30-13-15-31(16-14-30)23-21-11-4-5-12-22(21)32-24(27-23)25(28-29-32)35(33,34)20-9-2-1-3-10-20/h1-12,17H,13-16H2. The molecular formula is C25H21ClN6O2S. The van der Waals surface area contributed by atoms with Crippen molar-refractivity contribution in [2.24, 2.45) is 0 Å². The van der Waals surface area contributed by atoms with E-state index in [0.29, 0.717) is 5.02 Å². The first-order valence-corrected chi connectivity index (χ1v) is 13.1. The van der Waals surface area contributed by atoms with Crippen molar-refractivity contribution in [3.8, 4) is 0 Å². The molecule has 5 aromatic rings. The highest BCUT2D eigenvalue weighted by molar-refractivity contribution is 7.91. The van der Waals surface area contributed by atoms with E-state index in [9.17, 15) is 8.42 Å². The summed E-state index contributed by atoms with van der Waals surface area (Å²) in [5, 5.41) is 9.69. The number of benzene rings is 3. The molecule has 3 heterocycles. The Morgan fingerprint density at radius 1 is 0.800 bits per heavy atom. The fraction of sp³-hybridized carbons (Fsp3) is 0.160. The van der Waals surface area contributed by atoms with E-state index in [1.807, 2.05) is 42.5 Å². The molecule has 1 saturated heterocycles. The quantitative estimate of drug-likeness (QED) is 0.364. The van der Waals surface area contributed by atoms with E-state index in [2.05, 4.69) is 26.2 Å². The third kappa shape index (κ3) is 3.77. The van der Waals surface area contributed by atoms with Gasteiger partial charge in [-0.1, -0.05) is 53.2 Å². The average Bonchev–Trinajstić information content (AvgIpc) is 3.34. The molecule has 0 amide bonds. The fourth-order valence-corrected chi connectivity index (χ4v) is 5.94. The molecule has 10 heteroatoms. The van der Waals surface area contributed by atoms with Crippen molar-refractivity contribution in [3.05, 3.63) is 83.9 Å². The lowest BCUT2D eigenvalue weighted by Crippen LogP contribution is -2.47. The smallest absolute Gasteiger partial charge is 0.229 e. The van der Waals surface area contributed by atoms with Crippen LogP contribution in [-0.2, 0) is 9.84 Å². The van der Waals surface area contributed by atoms with Gasteiger partial charge in [-0.3, -0.25) is 0 Å². The van der Waals surface area contributed by atoms with Crippen LogP contribution in [0.2, 0.25) is 5.02 Å². The van der Waals surface area contributed by atoms with E-state index in [1.54, 1.807) is 30.3 Å². The van der Waals surface area contributed by atoms with Gasteiger partial charge >= 0.3 is 0 Å². The molecule has 0 radical (unpaired) electrons. The molecule has 176 valence electrons. The van der Waals surface area contributed by atoms with E-state index in [0.717, 1.165) is 48.6 Å². The van der Waals surface area contributed by atoms with Crippen LogP contribution in [0.5, 0.6) is 0 Å². The molecule has 0 unspecified atom stereocenters. The number of anilines is 2. The first kappa shape index (κ1) is 21.8. The highest BCUT2D eigenvalue weighted by Crippen LogP contribution is 2.31. The number of para-hydroxylation sites is 1. The van der Waals surface area contributed by atoms with Crippen molar-refractivity contribution in [1.29, 1.82) is 0 Å². The molecule has 0 bridgehead atoms. The van der Waals surface area contributed by atoms with Crippen LogP contribution >= 0.6 is 11.6 Å². The minimum Gasteiger partial charge on any atom is -0.368 e. The van der Waals surface area contributed by atoms with Crippen LogP contribution in [0.4, 0.5) is 11.5 Å². The average molecular weight is 505 g/mol. The number of halogens is 1. The van der Waals surface area contributed by atoms with Gasteiger partial charge in [0.05, 0.1) is 10.4 Å². The third-order valence-electron chi connectivity index (χ3n) is 6.26. The molecule has 2 aromatic heterocycles. The molecule has 0 spiro atoms. The van der Waals surface area contributed by atoms with Crippen molar-refractivity contribution in [2.45, 2.75) is 9.92 Å². The summed E-state index contributed by atoms with van der Waals surface area (Å²) in [6.45, 7) is 3.02. The second-order valence-electron chi connectivity index (χ2n) is 8.35. The number of fused-ring (bicyclic) bond motifs is 3. The van der Waals surface area contributed by atoms with Gasteiger partial charge in [0, 0.05) is 42.3 Å². The zero-order valence-electron chi connectivity index (χ0n) is 18.6. The Bertz CT molecular complexity index is 1650. The predicted octanol–water partition coefficient (Wildman–Crippen LogP) is 4.09. The molecule has 3 aromatic carbocycles. The summed E-state index contributed by atoms with van der Waals surface area (Å²) in [5.74, 6) is 0.727. The van der Waals surface area contributed by atoms with Gasteiger partial charge < -0.3 is 9.80 Å². The normalized spacial score (nSPS) is 14.7. The summed E-state index contributed by atoms with van der Waals surface area (Å²) in [6, 6.07) is 23.8. The molecule has 8 nitrogen and oxygen atoms in total. The zero-order chi connectivity index (χ0) is 24.0. The van der Waals surface area contributed by atoms with Crippen LogP contribution in [0.3, 0.4) is 0 Å². The van der Waals surface area contributed by atoms with Crippen molar-refractivity contribution in [3.63, 3.8) is 0 Å². The van der Waals surface area contributed by atoms with Gasteiger partial charge in [0.1, 0.15) is 5.82 Å². The van der Waals surface area contributed by atoms with Crippen LogP contribution in [-0.4, -0.2) is 54.4 Å². The first-order chi connectivity index (χ1) is 17.0. The van der Waals surface area contributed by atoms with Crippen LogP contribution in [0.1, 0.15) is 0 Å². The molecule has 0 aliphatic carbocycles. The summed E-state index contributed by atoms with van der Waals surface area (Å²) in [5.41, 5.74) is 2.06. The second-order valence-corrected chi connectivity index (χ2v) is 10.7. The largest absolute Gasteiger partial charge is 0.368 e.